The van der Waals surface area contributed by atoms with E-state index in [0.29, 0.717) is 6.42 Å². The Hall–Kier alpha value is 0.1000. The summed E-state index contributed by atoms with van der Waals surface area (Å²) in [6, 6.07) is -0.590. The van der Waals surface area contributed by atoms with Crippen LogP contribution < -0.4 is 5.73 Å². The van der Waals surface area contributed by atoms with E-state index in [1.807, 2.05) is 0 Å². The molecule has 9 heavy (non-hydrogen) atoms. The Bertz CT molecular complexity index is 77.4. The first kappa shape index (κ1) is 11.8. The van der Waals surface area contributed by atoms with Crippen LogP contribution in [0.4, 0.5) is 0 Å². The van der Waals surface area contributed by atoms with Gasteiger partial charge in [0.1, 0.15) is 0 Å². The van der Waals surface area contributed by atoms with Gasteiger partial charge in [-0.1, -0.05) is 6.08 Å². The van der Waals surface area contributed by atoms with Crippen LogP contribution in [0.3, 0.4) is 0 Å². The molecule has 0 rings (SSSR count). The molecule has 0 aliphatic carbocycles. The monoisotopic (exact) mass is 197 g/mol. The Morgan fingerprint density at radius 3 is 2.11 bits per heavy atom. The number of hydrogen-bond donors (Lipinski definition) is 3. The lowest BCUT2D eigenvalue weighted by molar-refractivity contribution is -0.0571. The highest BCUT2D eigenvalue weighted by Gasteiger charge is 2.06. The average Bonchev–Trinajstić information content (AvgIpc) is 1.67. The first-order valence-electron chi connectivity index (χ1n) is 2.41. The van der Waals surface area contributed by atoms with Crippen molar-refractivity contribution in [3.05, 3.63) is 12.7 Å². The summed E-state index contributed by atoms with van der Waals surface area (Å²) in [6.45, 7) is 3.38. The molecule has 3 nitrogen and oxygen atoms in total. The smallest absolute Gasteiger partial charge is 0.167 e. The van der Waals surface area contributed by atoms with E-state index in [4.69, 9.17) is 15.9 Å². The van der Waals surface area contributed by atoms with Gasteiger partial charge in [-0.2, -0.15) is 0 Å². The molecule has 0 aliphatic rings. The third-order valence-corrected chi connectivity index (χ3v) is 0.822. The van der Waals surface area contributed by atoms with Crippen molar-refractivity contribution in [1.29, 1.82) is 0 Å². The van der Waals surface area contributed by atoms with Gasteiger partial charge in [-0.05, 0) is 6.42 Å². The summed E-state index contributed by atoms with van der Waals surface area (Å²) in [5.41, 5.74) is 5.16. The lowest BCUT2D eigenvalue weighted by atomic mass is 10.2. The number of aliphatic hydroxyl groups is 2. The van der Waals surface area contributed by atoms with Gasteiger partial charge < -0.3 is 15.9 Å². The van der Waals surface area contributed by atoms with E-state index in [9.17, 15) is 0 Å². The first-order valence-corrected chi connectivity index (χ1v) is 2.41. The van der Waals surface area contributed by atoms with Gasteiger partial charge in [-0.15, -0.1) is 23.6 Å². The third-order valence-electron chi connectivity index (χ3n) is 0.822. The van der Waals surface area contributed by atoms with Crippen molar-refractivity contribution in [2.75, 3.05) is 0 Å². The third kappa shape index (κ3) is 5.98. The molecule has 0 aromatic carbocycles. The first-order chi connectivity index (χ1) is 3.68. The Balaban J connectivity index is 0. The molecular formula is C5H12BrNO2. The summed E-state index contributed by atoms with van der Waals surface area (Å²) in [4.78, 5) is 0. The van der Waals surface area contributed by atoms with E-state index in [2.05, 4.69) is 6.58 Å². The Morgan fingerprint density at radius 1 is 1.56 bits per heavy atom. The van der Waals surface area contributed by atoms with Gasteiger partial charge in [0, 0.05) is 0 Å². The van der Waals surface area contributed by atoms with Crippen LogP contribution in [0.5, 0.6) is 0 Å². The Kier molecular flexibility index (Phi) is 8.19. The summed E-state index contributed by atoms with van der Waals surface area (Å²) in [5, 5.41) is 16.7. The normalized spacial score (nSPS) is 12.4. The summed E-state index contributed by atoms with van der Waals surface area (Å²) in [6.07, 6.45) is 0.551. The predicted molar refractivity (Wildman–Crippen MR) is 41.3 cm³/mol. The van der Waals surface area contributed by atoms with Crippen LogP contribution >= 0.6 is 17.0 Å². The number of halogens is 1. The van der Waals surface area contributed by atoms with Gasteiger partial charge in [0.2, 0.25) is 0 Å². The molecule has 0 fully saturated rings. The molecule has 56 valence electrons. The second-order valence-electron chi connectivity index (χ2n) is 1.60. The van der Waals surface area contributed by atoms with Crippen LogP contribution in [0, 0.1) is 0 Å². The van der Waals surface area contributed by atoms with Crippen LogP contribution in [0.25, 0.3) is 0 Å². The van der Waals surface area contributed by atoms with Crippen molar-refractivity contribution in [3.8, 4) is 0 Å². The zero-order valence-electron chi connectivity index (χ0n) is 5.03. The maximum Gasteiger partial charge on any atom is 0.167 e. The molecule has 0 aromatic rings. The Morgan fingerprint density at radius 2 is 2.00 bits per heavy atom. The van der Waals surface area contributed by atoms with E-state index in [1.54, 1.807) is 6.08 Å². The van der Waals surface area contributed by atoms with Crippen molar-refractivity contribution < 1.29 is 10.2 Å². The maximum atomic E-state index is 8.33. The molecule has 0 radical (unpaired) electrons. The number of aliphatic hydroxyl groups excluding tert-OH is 1. The summed E-state index contributed by atoms with van der Waals surface area (Å²) in [5.74, 6) is 0. The van der Waals surface area contributed by atoms with Crippen molar-refractivity contribution in [2.45, 2.75) is 18.8 Å². The highest BCUT2D eigenvalue weighted by Crippen LogP contribution is 1.91. The van der Waals surface area contributed by atoms with Crippen LogP contribution in [-0.4, -0.2) is 22.5 Å². The predicted octanol–water partition coefficient (Wildman–Crippen LogP) is -0.222. The molecule has 0 spiro atoms. The standard InChI is InChI=1S/C5H11NO2.BrH/c1-2-3-4(6)5(7)8;/h2,4-5,7-8H,1,3,6H2;1H. The molecule has 0 aliphatic heterocycles. The Labute approximate surface area is 65.0 Å². The van der Waals surface area contributed by atoms with Gasteiger partial charge in [-0.3, -0.25) is 0 Å². The molecule has 0 saturated carbocycles. The van der Waals surface area contributed by atoms with Crippen LogP contribution in [0.1, 0.15) is 6.42 Å². The molecule has 1 unspecified atom stereocenters. The van der Waals surface area contributed by atoms with E-state index in [1.165, 1.54) is 0 Å². The van der Waals surface area contributed by atoms with Gasteiger partial charge in [0.05, 0.1) is 6.04 Å². The van der Waals surface area contributed by atoms with Crippen LogP contribution in [-0.2, 0) is 0 Å². The summed E-state index contributed by atoms with van der Waals surface area (Å²) < 4.78 is 0. The van der Waals surface area contributed by atoms with Crippen molar-refractivity contribution in [2.24, 2.45) is 5.73 Å². The second kappa shape index (κ2) is 6.22. The molecule has 4 heteroatoms. The highest BCUT2D eigenvalue weighted by atomic mass is 79.9. The highest BCUT2D eigenvalue weighted by molar-refractivity contribution is 8.93. The number of hydrogen-bond acceptors (Lipinski definition) is 3. The molecule has 1 atom stereocenters. The molecular weight excluding hydrogens is 186 g/mol. The SMILES string of the molecule is Br.C=CCC(N)C(O)O. The fourth-order valence-corrected chi connectivity index (χ4v) is 0.314. The average molecular weight is 198 g/mol. The summed E-state index contributed by atoms with van der Waals surface area (Å²) >= 11 is 0. The van der Waals surface area contributed by atoms with Crippen molar-refractivity contribution >= 4 is 17.0 Å². The largest absolute Gasteiger partial charge is 0.367 e. The topological polar surface area (TPSA) is 66.5 Å². The molecule has 0 aromatic heterocycles. The molecule has 0 saturated heterocycles. The minimum Gasteiger partial charge on any atom is -0.367 e. The molecule has 0 amide bonds. The lowest BCUT2D eigenvalue weighted by Crippen LogP contribution is -2.33. The van der Waals surface area contributed by atoms with Crippen LogP contribution in [0.2, 0.25) is 0 Å². The van der Waals surface area contributed by atoms with E-state index in [-0.39, 0.29) is 17.0 Å². The number of nitrogens with two attached hydrogens (primary N) is 1. The van der Waals surface area contributed by atoms with Gasteiger partial charge in [0.15, 0.2) is 6.29 Å². The minimum absolute atomic E-state index is 0. The van der Waals surface area contributed by atoms with Crippen molar-refractivity contribution in [1.82, 2.24) is 0 Å². The molecule has 0 bridgehead atoms. The maximum absolute atomic E-state index is 8.33. The second-order valence-corrected chi connectivity index (χ2v) is 1.60. The zero-order valence-corrected chi connectivity index (χ0v) is 6.74. The molecule has 4 N–H and O–H groups in total. The van der Waals surface area contributed by atoms with E-state index < -0.39 is 12.3 Å². The number of rotatable bonds is 3. The van der Waals surface area contributed by atoms with E-state index >= 15 is 0 Å². The van der Waals surface area contributed by atoms with E-state index in [0.717, 1.165) is 0 Å². The minimum atomic E-state index is -1.42. The fraction of sp³-hybridized carbons (Fsp3) is 0.600. The zero-order chi connectivity index (χ0) is 6.57. The van der Waals surface area contributed by atoms with Gasteiger partial charge in [0.25, 0.3) is 0 Å². The quantitative estimate of drug-likeness (QED) is 0.433. The van der Waals surface area contributed by atoms with Crippen LogP contribution in [0.15, 0.2) is 12.7 Å². The van der Waals surface area contributed by atoms with Crippen molar-refractivity contribution in [3.63, 3.8) is 0 Å². The lowest BCUT2D eigenvalue weighted by Gasteiger charge is -2.09. The van der Waals surface area contributed by atoms with Gasteiger partial charge in [-0.25, -0.2) is 0 Å². The summed E-state index contributed by atoms with van der Waals surface area (Å²) in [7, 11) is 0. The fourth-order valence-electron chi connectivity index (χ4n) is 0.314. The van der Waals surface area contributed by atoms with Gasteiger partial charge >= 0.3 is 0 Å². The molecule has 0 heterocycles.